The molecule has 0 saturated heterocycles. The number of nitrogens with zero attached hydrogens (tertiary/aromatic N) is 1. The van der Waals surface area contributed by atoms with Crippen molar-refractivity contribution in [1.82, 2.24) is 5.01 Å². The molecule has 0 aliphatic carbocycles. The molecule has 2 N–H and O–H groups in total. The van der Waals surface area contributed by atoms with Gasteiger partial charge in [0.2, 0.25) is 5.91 Å². The number of carbonyl (C=O) groups is 2. The van der Waals surface area contributed by atoms with Crippen LogP contribution in [0.5, 0.6) is 0 Å². The Morgan fingerprint density at radius 2 is 1.93 bits per heavy atom. The second kappa shape index (κ2) is 6.40. The highest BCUT2D eigenvalue weighted by atomic mass is 16.5. The number of rotatable bonds is 5. The third-order valence-corrected chi connectivity index (χ3v) is 2.17. The van der Waals surface area contributed by atoms with E-state index in [1.807, 2.05) is 13.8 Å². The van der Waals surface area contributed by atoms with Crippen LogP contribution >= 0.6 is 0 Å². The van der Waals surface area contributed by atoms with E-state index in [0.717, 1.165) is 5.01 Å². The van der Waals surface area contributed by atoms with Crippen molar-refractivity contribution >= 4 is 11.9 Å². The molecule has 0 aromatic rings. The van der Waals surface area contributed by atoms with Gasteiger partial charge in [-0.05, 0) is 12.8 Å². The fraction of sp³-hybridized carbons (Fsp3) is 0.800. The van der Waals surface area contributed by atoms with E-state index in [0.29, 0.717) is 6.61 Å². The molecule has 0 aliphatic heterocycles. The Hall–Kier alpha value is -1.10. The number of amides is 1. The fourth-order valence-corrected chi connectivity index (χ4v) is 1.28. The predicted molar refractivity (Wildman–Crippen MR) is 56.6 cm³/mol. The van der Waals surface area contributed by atoms with E-state index >= 15 is 0 Å². The van der Waals surface area contributed by atoms with Gasteiger partial charge in [-0.15, -0.1) is 0 Å². The largest absolute Gasteiger partial charge is 0.466 e. The minimum atomic E-state index is -0.326. The van der Waals surface area contributed by atoms with Crippen molar-refractivity contribution in [1.29, 1.82) is 0 Å². The zero-order valence-electron chi connectivity index (χ0n) is 9.82. The maximum Gasteiger partial charge on any atom is 0.307 e. The van der Waals surface area contributed by atoms with Gasteiger partial charge in [0.05, 0.1) is 19.1 Å². The number of hydrogen-bond acceptors (Lipinski definition) is 4. The summed E-state index contributed by atoms with van der Waals surface area (Å²) in [6.45, 7) is 7.28. The van der Waals surface area contributed by atoms with Crippen LogP contribution in [0.25, 0.3) is 0 Å². The first kappa shape index (κ1) is 13.9. The SMILES string of the molecule is CCOC(=O)CC(C(C)C)N(N)C(C)=O. The minimum Gasteiger partial charge on any atom is -0.466 e. The zero-order chi connectivity index (χ0) is 12.0. The second-order valence-electron chi connectivity index (χ2n) is 3.75. The third-order valence-electron chi connectivity index (χ3n) is 2.17. The van der Waals surface area contributed by atoms with Crippen LogP contribution < -0.4 is 5.84 Å². The van der Waals surface area contributed by atoms with Crippen LogP contribution in [0.15, 0.2) is 0 Å². The highest BCUT2D eigenvalue weighted by molar-refractivity contribution is 5.75. The maximum absolute atomic E-state index is 11.3. The summed E-state index contributed by atoms with van der Waals surface area (Å²) in [4.78, 5) is 22.3. The molecule has 88 valence electrons. The fourth-order valence-electron chi connectivity index (χ4n) is 1.28. The lowest BCUT2D eigenvalue weighted by atomic mass is 10.0. The van der Waals surface area contributed by atoms with Crippen LogP contribution in [0.4, 0.5) is 0 Å². The molecule has 5 nitrogen and oxygen atoms in total. The smallest absolute Gasteiger partial charge is 0.307 e. The molecule has 0 spiro atoms. The Morgan fingerprint density at radius 3 is 2.27 bits per heavy atom. The Balaban J connectivity index is 4.41. The lowest BCUT2D eigenvalue weighted by molar-refractivity contribution is -0.146. The number of hydrazine groups is 1. The average molecular weight is 216 g/mol. The zero-order valence-corrected chi connectivity index (χ0v) is 9.82. The van der Waals surface area contributed by atoms with Gasteiger partial charge in [-0.2, -0.15) is 0 Å². The summed E-state index contributed by atoms with van der Waals surface area (Å²) in [5, 5.41) is 1.10. The van der Waals surface area contributed by atoms with Crippen molar-refractivity contribution < 1.29 is 14.3 Å². The summed E-state index contributed by atoms with van der Waals surface area (Å²) >= 11 is 0. The van der Waals surface area contributed by atoms with E-state index in [4.69, 9.17) is 10.6 Å². The first-order valence-corrected chi connectivity index (χ1v) is 5.10. The van der Waals surface area contributed by atoms with Gasteiger partial charge in [0.1, 0.15) is 0 Å². The molecule has 1 amide bonds. The first-order valence-electron chi connectivity index (χ1n) is 5.10. The summed E-state index contributed by atoms with van der Waals surface area (Å²) in [5.74, 6) is 5.12. The summed E-state index contributed by atoms with van der Waals surface area (Å²) in [5.41, 5.74) is 0. The summed E-state index contributed by atoms with van der Waals surface area (Å²) in [6, 6.07) is -0.304. The summed E-state index contributed by atoms with van der Waals surface area (Å²) in [6.07, 6.45) is 0.140. The van der Waals surface area contributed by atoms with E-state index in [2.05, 4.69) is 0 Å². The van der Waals surface area contributed by atoms with Gasteiger partial charge in [0, 0.05) is 6.92 Å². The third kappa shape index (κ3) is 4.78. The van der Waals surface area contributed by atoms with Gasteiger partial charge in [-0.3, -0.25) is 14.6 Å². The van der Waals surface area contributed by atoms with Crippen LogP contribution in [-0.4, -0.2) is 29.5 Å². The second-order valence-corrected chi connectivity index (χ2v) is 3.75. The molecule has 0 aliphatic rings. The summed E-state index contributed by atoms with van der Waals surface area (Å²) < 4.78 is 4.82. The van der Waals surface area contributed by atoms with Gasteiger partial charge in [0.25, 0.3) is 0 Å². The Labute approximate surface area is 90.5 Å². The van der Waals surface area contributed by atoms with Crippen LogP contribution in [0.1, 0.15) is 34.1 Å². The lowest BCUT2D eigenvalue weighted by Crippen LogP contribution is -2.48. The van der Waals surface area contributed by atoms with Crippen molar-refractivity contribution in [2.75, 3.05) is 6.61 Å². The molecule has 0 radical (unpaired) electrons. The Kier molecular flexibility index (Phi) is 5.93. The van der Waals surface area contributed by atoms with Crippen molar-refractivity contribution in [2.24, 2.45) is 11.8 Å². The molecule has 15 heavy (non-hydrogen) atoms. The van der Waals surface area contributed by atoms with Crippen LogP contribution in [-0.2, 0) is 14.3 Å². The van der Waals surface area contributed by atoms with E-state index in [1.54, 1.807) is 6.92 Å². The number of esters is 1. The van der Waals surface area contributed by atoms with Crippen molar-refractivity contribution in [3.63, 3.8) is 0 Å². The van der Waals surface area contributed by atoms with Crippen LogP contribution in [0, 0.1) is 5.92 Å². The van der Waals surface area contributed by atoms with E-state index in [9.17, 15) is 9.59 Å². The molecule has 0 fully saturated rings. The first-order chi connectivity index (χ1) is 6.90. The normalized spacial score (nSPS) is 12.4. The number of ether oxygens (including phenoxy) is 1. The van der Waals surface area contributed by atoms with E-state index < -0.39 is 0 Å². The standard InChI is InChI=1S/C10H20N2O3/c1-5-15-10(14)6-9(7(2)3)12(11)8(4)13/h7,9H,5-6,11H2,1-4H3. The van der Waals surface area contributed by atoms with Gasteiger partial charge in [0.15, 0.2) is 0 Å². The molecular weight excluding hydrogens is 196 g/mol. The summed E-state index contributed by atoms with van der Waals surface area (Å²) in [7, 11) is 0. The van der Waals surface area contributed by atoms with E-state index in [-0.39, 0.29) is 30.3 Å². The molecule has 0 aromatic carbocycles. The Morgan fingerprint density at radius 1 is 1.40 bits per heavy atom. The number of hydrogen-bond donors (Lipinski definition) is 1. The maximum atomic E-state index is 11.3. The predicted octanol–water partition coefficient (Wildman–Crippen LogP) is 0.686. The van der Waals surface area contributed by atoms with Crippen molar-refractivity contribution in [3.05, 3.63) is 0 Å². The van der Waals surface area contributed by atoms with Crippen molar-refractivity contribution in [2.45, 2.75) is 40.2 Å². The van der Waals surface area contributed by atoms with Gasteiger partial charge in [-0.25, -0.2) is 5.84 Å². The minimum absolute atomic E-state index is 0.114. The lowest BCUT2D eigenvalue weighted by Gasteiger charge is -2.28. The molecule has 0 heterocycles. The molecule has 0 saturated carbocycles. The monoisotopic (exact) mass is 216 g/mol. The molecule has 0 rings (SSSR count). The van der Waals surface area contributed by atoms with Crippen molar-refractivity contribution in [3.8, 4) is 0 Å². The van der Waals surface area contributed by atoms with Gasteiger partial charge in [-0.1, -0.05) is 13.8 Å². The molecule has 1 atom stereocenters. The topological polar surface area (TPSA) is 72.6 Å². The van der Waals surface area contributed by atoms with Gasteiger partial charge >= 0.3 is 5.97 Å². The molecular formula is C10H20N2O3. The highest BCUT2D eigenvalue weighted by Crippen LogP contribution is 2.12. The molecule has 0 aromatic heterocycles. The van der Waals surface area contributed by atoms with E-state index in [1.165, 1.54) is 6.92 Å². The molecule has 0 bridgehead atoms. The average Bonchev–Trinajstić information content (AvgIpc) is 2.13. The molecule has 5 heteroatoms. The quantitative estimate of drug-likeness (QED) is 0.317. The number of carbonyl (C=O) groups excluding carboxylic acids is 2. The van der Waals surface area contributed by atoms with Crippen LogP contribution in [0.3, 0.4) is 0 Å². The highest BCUT2D eigenvalue weighted by Gasteiger charge is 2.24. The van der Waals surface area contributed by atoms with Crippen LogP contribution in [0.2, 0.25) is 0 Å². The number of nitrogens with two attached hydrogens (primary N) is 1. The van der Waals surface area contributed by atoms with Gasteiger partial charge < -0.3 is 4.74 Å². The molecule has 1 unspecified atom stereocenters. The Bertz CT molecular complexity index is 229.